The van der Waals surface area contributed by atoms with Gasteiger partial charge in [-0.25, -0.2) is 4.98 Å². The number of anilines is 1. The molecular weight excluding hydrogens is 262 g/mol. The van der Waals surface area contributed by atoms with Gasteiger partial charge in [-0.2, -0.15) is 0 Å². The number of likely N-dealkylation sites (N-methyl/N-ethyl adjacent to an activating group) is 1. The molecule has 0 unspecified atom stereocenters. The van der Waals surface area contributed by atoms with Gasteiger partial charge in [-0.1, -0.05) is 12.8 Å². The van der Waals surface area contributed by atoms with Gasteiger partial charge < -0.3 is 10.6 Å². The molecule has 0 saturated heterocycles. The molecule has 1 fully saturated rings. The van der Waals surface area contributed by atoms with E-state index in [4.69, 9.17) is 0 Å². The zero-order valence-electron chi connectivity index (χ0n) is 11.1. The molecule has 1 saturated carbocycles. The topological polar surface area (TPSA) is 71.1 Å². The van der Waals surface area contributed by atoms with Crippen molar-refractivity contribution in [3.63, 3.8) is 0 Å². The van der Waals surface area contributed by atoms with Crippen LogP contribution in [0.2, 0.25) is 0 Å². The average Bonchev–Trinajstić information content (AvgIpc) is 3.00. The molecule has 0 aromatic carbocycles. The Morgan fingerprint density at radius 2 is 2.16 bits per heavy atom. The second-order valence-electron chi connectivity index (χ2n) is 4.74. The maximum Gasteiger partial charge on any atom is 0.229 e. The Balaban J connectivity index is 1.86. The van der Waals surface area contributed by atoms with E-state index in [0.29, 0.717) is 17.4 Å². The van der Waals surface area contributed by atoms with Crippen molar-refractivity contribution in [2.24, 2.45) is 5.92 Å². The lowest BCUT2D eigenvalue weighted by molar-refractivity contribution is -0.120. The third kappa shape index (κ3) is 4.02. The Kier molecular flexibility index (Phi) is 4.90. The van der Waals surface area contributed by atoms with Gasteiger partial charge in [-0.15, -0.1) is 11.3 Å². The molecule has 5 nitrogen and oxygen atoms in total. The molecule has 2 rings (SSSR count). The van der Waals surface area contributed by atoms with Crippen LogP contribution in [0.4, 0.5) is 5.13 Å². The fourth-order valence-corrected chi connectivity index (χ4v) is 2.98. The maximum absolute atomic E-state index is 11.9. The van der Waals surface area contributed by atoms with Crippen molar-refractivity contribution < 1.29 is 9.59 Å². The quantitative estimate of drug-likeness (QED) is 0.866. The second-order valence-corrected chi connectivity index (χ2v) is 5.60. The van der Waals surface area contributed by atoms with E-state index in [0.717, 1.165) is 25.7 Å². The van der Waals surface area contributed by atoms with Gasteiger partial charge in [0.2, 0.25) is 11.8 Å². The second kappa shape index (κ2) is 6.65. The van der Waals surface area contributed by atoms with Crippen LogP contribution >= 0.6 is 11.3 Å². The van der Waals surface area contributed by atoms with Crippen LogP contribution in [0.1, 0.15) is 38.3 Å². The number of nitrogens with one attached hydrogen (secondary N) is 2. The number of rotatable bonds is 5. The molecule has 1 aromatic rings. The maximum atomic E-state index is 11.9. The number of carbonyl (C=O) groups excluding carboxylic acids is 2. The highest BCUT2D eigenvalue weighted by atomic mass is 32.1. The number of hydrogen-bond donors (Lipinski definition) is 2. The van der Waals surface area contributed by atoms with E-state index in [1.807, 2.05) is 12.3 Å². The molecule has 1 heterocycles. The zero-order valence-corrected chi connectivity index (χ0v) is 11.9. The van der Waals surface area contributed by atoms with Crippen molar-refractivity contribution in [2.75, 3.05) is 11.9 Å². The number of amides is 2. The minimum atomic E-state index is -0.0403. The SMILES string of the molecule is CCNC(=O)Cc1csc(NC(=O)C2CCCC2)n1. The summed E-state index contributed by atoms with van der Waals surface area (Å²) in [5.74, 6) is 0.161. The van der Waals surface area contributed by atoms with Crippen molar-refractivity contribution in [3.05, 3.63) is 11.1 Å². The Morgan fingerprint density at radius 1 is 1.42 bits per heavy atom. The third-order valence-electron chi connectivity index (χ3n) is 3.22. The molecule has 2 N–H and O–H groups in total. The summed E-state index contributed by atoms with van der Waals surface area (Å²) < 4.78 is 0. The van der Waals surface area contributed by atoms with Gasteiger partial charge in [0, 0.05) is 17.8 Å². The molecule has 1 aromatic heterocycles. The molecule has 6 heteroatoms. The molecule has 104 valence electrons. The Morgan fingerprint density at radius 3 is 2.84 bits per heavy atom. The number of carbonyl (C=O) groups is 2. The van der Waals surface area contributed by atoms with Crippen LogP contribution in [0.15, 0.2) is 5.38 Å². The summed E-state index contributed by atoms with van der Waals surface area (Å²) in [6.45, 7) is 2.50. The molecule has 0 atom stereocenters. The van der Waals surface area contributed by atoms with Gasteiger partial charge in [-0.05, 0) is 19.8 Å². The molecule has 1 aliphatic rings. The van der Waals surface area contributed by atoms with Gasteiger partial charge in [0.05, 0.1) is 12.1 Å². The first kappa shape index (κ1) is 14.0. The molecule has 1 aliphatic carbocycles. The smallest absolute Gasteiger partial charge is 0.229 e. The Labute approximate surface area is 116 Å². The normalized spacial score (nSPS) is 15.4. The largest absolute Gasteiger partial charge is 0.356 e. The third-order valence-corrected chi connectivity index (χ3v) is 4.03. The van der Waals surface area contributed by atoms with Crippen LogP contribution < -0.4 is 10.6 Å². The van der Waals surface area contributed by atoms with Crippen LogP contribution in [0.3, 0.4) is 0 Å². The first-order valence-corrected chi connectivity index (χ1v) is 7.59. The van der Waals surface area contributed by atoms with Crippen LogP contribution in [-0.2, 0) is 16.0 Å². The van der Waals surface area contributed by atoms with E-state index in [1.165, 1.54) is 11.3 Å². The summed E-state index contributed by atoms with van der Waals surface area (Å²) in [6.07, 6.45) is 4.49. The van der Waals surface area contributed by atoms with E-state index in [1.54, 1.807) is 0 Å². The first-order valence-electron chi connectivity index (χ1n) is 6.71. The molecule has 19 heavy (non-hydrogen) atoms. The highest BCUT2D eigenvalue weighted by Crippen LogP contribution is 2.26. The van der Waals surface area contributed by atoms with Crippen LogP contribution in [0.25, 0.3) is 0 Å². The Bertz CT molecular complexity index is 452. The van der Waals surface area contributed by atoms with Gasteiger partial charge in [0.15, 0.2) is 5.13 Å². The molecule has 0 spiro atoms. The molecule has 0 radical (unpaired) electrons. The average molecular weight is 281 g/mol. The standard InChI is InChI=1S/C13H19N3O2S/c1-2-14-11(17)7-10-8-19-13(15-10)16-12(18)9-5-3-4-6-9/h8-9H,2-7H2,1H3,(H,14,17)(H,15,16,18). The van der Waals surface area contributed by atoms with Crippen LogP contribution in [0, 0.1) is 5.92 Å². The highest BCUT2D eigenvalue weighted by Gasteiger charge is 2.23. The number of hydrogen-bond acceptors (Lipinski definition) is 4. The zero-order chi connectivity index (χ0) is 13.7. The van der Waals surface area contributed by atoms with Crippen LogP contribution in [0.5, 0.6) is 0 Å². The van der Waals surface area contributed by atoms with E-state index in [-0.39, 0.29) is 24.2 Å². The van der Waals surface area contributed by atoms with E-state index < -0.39 is 0 Å². The summed E-state index contributed by atoms with van der Waals surface area (Å²) in [5, 5.41) is 7.99. The highest BCUT2D eigenvalue weighted by molar-refractivity contribution is 7.13. The van der Waals surface area contributed by atoms with E-state index in [9.17, 15) is 9.59 Å². The lowest BCUT2D eigenvalue weighted by Crippen LogP contribution is -2.24. The van der Waals surface area contributed by atoms with Crippen molar-refractivity contribution in [3.8, 4) is 0 Å². The van der Waals surface area contributed by atoms with Crippen molar-refractivity contribution >= 4 is 28.3 Å². The van der Waals surface area contributed by atoms with Gasteiger partial charge in [-0.3, -0.25) is 9.59 Å². The van der Waals surface area contributed by atoms with Gasteiger partial charge in [0.25, 0.3) is 0 Å². The van der Waals surface area contributed by atoms with Crippen LogP contribution in [-0.4, -0.2) is 23.3 Å². The Hall–Kier alpha value is -1.43. The van der Waals surface area contributed by atoms with Gasteiger partial charge in [0.1, 0.15) is 0 Å². The lowest BCUT2D eigenvalue weighted by Gasteiger charge is -2.07. The number of thiazole rings is 1. The van der Waals surface area contributed by atoms with Crippen molar-refractivity contribution in [2.45, 2.75) is 39.0 Å². The summed E-state index contributed by atoms with van der Waals surface area (Å²) in [4.78, 5) is 27.6. The molecular formula is C13H19N3O2S. The summed E-state index contributed by atoms with van der Waals surface area (Å²) >= 11 is 1.37. The fourth-order valence-electron chi connectivity index (χ4n) is 2.27. The fraction of sp³-hybridized carbons (Fsp3) is 0.615. The first-order chi connectivity index (χ1) is 9.19. The molecule has 2 amide bonds. The predicted octanol–water partition coefficient (Wildman–Crippen LogP) is 1.95. The summed E-state index contributed by atoms with van der Waals surface area (Å²) in [6, 6.07) is 0. The monoisotopic (exact) mass is 281 g/mol. The number of nitrogens with zero attached hydrogens (tertiary/aromatic N) is 1. The summed E-state index contributed by atoms with van der Waals surface area (Å²) in [5.41, 5.74) is 0.706. The molecule has 0 bridgehead atoms. The van der Waals surface area contributed by atoms with E-state index >= 15 is 0 Å². The predicted molar refractivity (Wildman–Crippen MR) is 75.1 cm³/mol. The minimum absolute atomic E-state index is 0.0403. The van der Waals surface area contributed by atoms with Crippen molar-refractivity contribution in [1.82, 2.24) is 10.3 Å². The van der Waals surface area contributed by atoms with Crippen molar-refractivity contribution in [1.29, 1.82) is 0 Å². The molecule has 0 aliphatic heterocycles. The van der Waals surface area contributed by atoms with E-state index in [2.05, 4.69) is 15.6 Å². The lowest BCUT2D eigenvalue weighted by atomic mass is 10.1. The van der Waals surface area contributed by atoms with Gasteiger partial charge >= 0.3 is 0 Å². The number of aromatic nitrogens is 1. The summed E-state index contributed by atoms with van der Waals surface area (Å²) in [7, 11) is 0. The minimum Gasteiger partial charge on any atom is -0.356 e.